The molecule has 0 spiro atoms. The fourth-order valence-corrected chi connectivity index (χ4v) is 3.96. The number of rotatable bonds is 7. The van der Waals surface area contributed by atoms with E-state index in [-0.39, 0.29) is 32.8 Å². The molecule has 30 heavy (non-hydrogen) atoms. The molecule has 9 heteroatoms. The number of benzene rings is 2. The Balaban J connectivity index is 1.94. The number of nitrogens with one attached hydrogen (secondary N) is 2. The molecule has 1 heterocycles. The fraction of sp³-hybridized carbons (Fsp3) is 0.143. The van der Waals surface area contributed by atoms with E-state index in [2.05, 4.69) is 9.71 Å². The molecule has 156 valence electrons. The van der Waals surface area contributed by atoms with E-state index in [9.17, 15) is 18.0 Å². The van der Waals surface area contributed by atoms with Crippen molar-refractivity contribution in [3.05, 3.63) is 87.3 Å². The number of halogens is 1. The van der Waals surface area contributed by atoms with Gasteiger partial charge >= 0.3 is 0 Å². The number of carbonyl (C=O) groups excluding carboxylic acids is 1. The number of pyridine rings is 1. The van der Waals surface area contributed by atoms with Gasteiger partial charge in [0.2, 0.25) is 5.56 Å². The fourth-order valence-electron chi connectivity index (χ4n) is 2.71. The van der Waals surface area contributed by atoms with Crippen molar-refractivity contribution < 1.29 is 17.9 Å². The Morgan fingerprint density at radius 2 is 1.77 bits per heavy atom. The summed E-state index contributed by atoms with van der Waals surface area (Å²) in [7, 11) is -3.99. The van der Waals surface area contributed by atoms with Crippen LogP contribution in [0.3, 0.4) is 0 Å². The molecule has 1 aromatic heterocycles. The third kappa shape index (κ3) is 5.08. The van der Waals surface area contributed by atoms with E-state index in [1.165, 1.54) is 42.6 Å². The van der Waals surface area contributed by atoms with Crippen LogP contribution in [0.4, 0.5) is 5.69 Å². The first-order chi connectivity index (χ1) is 14.2. The molecule has 0 atom stereocenters. The lowest BCUT2D eigenvalue weighted by Gasteiger charge is -2.14. The molecule has 0 aliphatic carbocycles. The Hall–Kier alpha value is -3.10. The molecule has 0 saturated heterocycles. The third-order valence-electron chi connectivity index (χ3n) is 4.01. The number of sulfonamides is 1. The minimum Gasteiger partial charge on any atom is -0.491 e. The Morgan fingerprint density at radius 3 is 2.40 bits per heavy atom. The standard InChI is InChI=1S/C21H19ClN2O5S/c1-13(2)29-16-4-6-17(7-5-16)30(27,28)24-19-8-3-15(22)12-18(19)21(26)14-9-10-23-20(25)11-14/h3-13,24H,1-2H3,(H,23,25). The molecule has 0 fully saturated rings. The van der Waals surface area contributed by atoms with Crippen LogP contribution in [0.5, 0.6) is 5.75 Å². The molecule has 3 rings (SSSR count). The quantitative estimate of drug-likeness (QED) is 0.536. The Morgan fingerprint density at radius 1 is 1.07 bits per heavy atom. The van der Waals surface area contributed by atoms with Crippen LogP contribution < -0.4 is 15.0 Å². The first-order valence-electron chi connectivity index (χ1n) is 8.98. The summed E-state index contributed by atoms with van der Waals surface area (Å²) >= 11 is 6.02. The van der Waals surface area contributed by atoms with Crippen LogP contribution in [-0.2, 0) is 10.0 Å². The second kappa shape index (κ2) is 8.73. The molecule has 0 aliphatic heterocycles. The van der Waals surface area contributed by atoms with Crippen LogP contribution in [0, 0.1) is 0 Å². The average molecular weight is 447 g/mol. The number of carbonyl (C=O) groups is 1. The van der Waals surface area contributed by atoms with Gasteiger partial charge in [-0.05, 0) is 62.4 Å². The highest BCUT2D eigenvalue weighted by molar-refractivity contribution is 7.92. The topological polar surface area (TPSA) is 105 Å². The minimum absolute atomic E-state index is 0.00288. The summed E-state index contributed by atoms with van der Waals surface area (Å²) in [6.07, 6.45) is 1.29. The van der Waals surface area contributed by atoms with Crippen LogP contribution in [0.2, 0.25) is 5.02 Å². The number of ketones is 1. The van der Waals surface area contributed by atoms with Gasteiger partial charge in [0.05, 0.1) is 16.7 Å². The van der Waals surface area contributed by atoms with Gasteiger partial charge in [0.1, 0.15) is 5.75 Å². The van der Waals surface area contributed by atoms with Gasteiger partial charge in [-0.15, -0.1) is 0 Å². The molecule has 0 radical (unpaired) electrons. The maximum absolute atomic E-state index is 12.9. The van der Waals surface area contributed by atoms with Crippen molar-refractivity contribution in [3.8, 4) is 5.75 Å². The van der Waals surface area contributed by atoms with E-state index in [1.54, 1.807) is 12.1 Å². The molecule has 0 aliphatic rings. The Kier molecular flexibility index (Phi) is 6.28. The predicted molar refractivity (Wildman–Crippen MR) is 115 cm³/mol. The molecule has 0 bridgehead atoms. The highest BCUT2D eigenvalue weighted by atomic mass is 35.5. The van der Waals surface area contributed by atoms with Crippen molar-refractivity contribution in [1.29, 1.82) is 0 Å². The highest BCUT2D eigenvalue weighted by Crippen LogP contribution is 2.26. The van der Waals surface area contributed by atoms with Gasteiger partial charge in [-0.25, -0.2) is 8.42 Å². The monoisotopic (exact) mass is 446 g/mol. The zero-order valence-corrected chi connectivity index (χ0v) is 17.8. The number of H-pyrrole nitrogens is 1. The summed E-state index contributed by atoms with van der Waals surface area (Å²) in [5, 5.41) is 0.251. The van der Waals surface area contributed by atoms with Crippen LogP contribution in [-0.4, -0.2) is 25.3 Å². The SMILES string of the molecule is CC(C)Oc1ccc(S(=O)(=O)Nc2ccc(Cl)cc2C(=O)c2cc[nH]c(=O)c2)cc1. The number of hydrogen-bond donors (Lipinski definition) is 2. The largest absolute Gasteiger partial charge is 0.491 e. The van der Waals surface area contributed by atoms with Crippen LogP contribution in [0.1, 0.15) is 29.8 Å². The number of aromatic nitrogens is 1. The summed E-state index contributed by atoms with van der Waals surface area (Å²) in [6.45, 7) is 3.73. The van der Waals surface area contributed by atoms with Crippen molar-refractivity contribution >= 4 is 33.1 Å². The van der Waals surface area contributed by atoms with E-state index in [0.29, 0.717) is 5.75 Å². The number of anilines is 1. The zero-order chi connectivity index (χ0) is 21.9. The molecule has 2 aromatic carbocycles. The molecular formula is C21H19ClN2O5S. The van der Waals surface area contributed by atoms with Gasteiger partial charge in [0.25, 0.3) is 10.0 Å². The zero-order valence-electron chi connectivity index (χ0n) is 16.2. The maximum atomic E-state index is 12.9. The molecule has 0 unspecified atom stereocenters. The van der Waals surface area contributed by atoms with Crippen molar-refractivity contribution in [2.24, 2.45) is 0 Å². The van der Waals surface area contributed by atoms with E-state index in [4.69, 9.17) is 16.3 Å². The Labute approximate surface area is 178 Å². The van der Waals surface area contributed by atoms with E-state index in [1.807, 2.05) is 13.8 Å². The van der Waals surface area contributed by atoms with Gasteiger partial charge in [0.15, 0.2) is 5.78 Å². The lowest BCUT2D eigenvalue weighted by atomic mass is 10.0. The van der Waals surface area contributed by atoms with Crippen molar-refractivity contribution in [1.82, 2.24) is 4.98 Å². The first kappa shape index (κ1) is 21.6. The van der Waals surface area contributed by atoms with E-state index >= 15 is 0 Å². The number of aromatic amines is 1. The van der Waals surface area contributed by atoms with Crippen LogP contribution in [0.15, 0.2) is 70.5 Å². The Bertz CT molecular complexity index is 1230. The van der Waals surface area contributed by atoms with Crippen molar-refractivity contribution in [2.75, 3.05) is 4.72 Å². The number of hydrogen-bond acceptors (Lipinski definition) is 5. The lowest BCUT2D eigenvalue weighted by molar-refractivity contribution is 0.103. The van der Waals surface area contributed by atoms with Gasteiger partial charge < -0.3 is 9.72 Å². The summed E-state index contributed by atoms with van der Waals surface area (Å²) in [5.74, 6) is 0.00240. The van der Waals surface area contributed by atoms with Crippen molar-refractivity contribution in [2.45, 2.75) is 24.8 Å². The predicted octanol–water partition coefficient (Wildman–Crippen LogP) is 3.85. The first-order valence-corrected chi connectivity index (χ1v) is 10.8. The number of ether oxygens (including phenoxy) is 1. The smallest absolute Gasteiger partial charge is 0.261 e. The van der Waals surface area contributed by atoms with Gasteiger partial charge in [-0.2, -0.15) is 0 Å². The molecule has 0 amide bonds. The maximum Gasteiger partial charge on any atom is 0.261 e. The highest BCUT2D eigenvalue weighted by Gasteiger charge is 2.20. The molecule has 3 aromatic rings. The van der Waals surface area contributed by atoms with Gasteiger partial charge in [-0.3, -0.25) is 14.3 Å². The summed E-state index contributed by atoms with van der Waals surface area (Å²) in [4.78, 5) is 26.8. The van der Waals surface area contributed by atoms with Gasteiger partial charge in [0, 0.05) is 28.4 Å². The van der Waals surface area contributed by atoms with Crippen LogP contribution >= 0.6 is 11.6 Å². The van der Waals surface area contributed by atoms with E-state index in [0.717, 1.165) is 6.07 Å². The summed E-state index contributed by atoms with van der Waals surface area (Å²) < 4.78 is 33.6. The third-order valence-corrected chi connectivity index (χ3v) is 5.63. The second-order valence-electron chi connectivity index (χ2n) is 6.70. The molecule has 2 N–H and O–H groups in total. The van der Waals surface area contributed by atoms with Crippen molar-refractivity contribution in [3.63, 3.8) is 0 Å². The second-order valence-corrected chi connectivity index (χ2v) is 8.82. The summed E-state index contributed by atoms with van der Waals surface area (Å²) in [5.41, 5.74) is -0.269. The van der Waals surface area contributed by atoms with Gasteiger partial charge in [-0.1, -0.05) is 11.6 Å². The summed E-state index contributed by atoms with van der Waals surface area (Å²) in [6, 6.07) is 12.7. The normalized spacial score (nSPS) is 11.3. The van der Waals surface area contributed by atoms with Crippen LogP contribution in [0.25, 0.3) is 0 Å². The minimum atomic E-state index is -3.99. The molecular weight excluding hydrogens is 428 g/mol. The average Bonchev–Trinajstić information content (AvgIpc) is 2.68. The molecule has 0 saturated carbocycles. The molecule has 7 nitrogen and oxygen atoms in total. The van der Waals surface area contributed by atoms with E-state index < -0.39 is 21.4 Å². The lowest BCUT2D eigenvalue weighted by Crippen LogP contribution is -2.17.